The van der Waals surface area contributed by atoms with E-state index in [-0.39, 0.29) is 6.10 Å². The summed E-state index contributed by atoms with van der Waals surface area (Å²) in [7, 11) is 1.50. The molecule has 1 aliphatic rings. The number of allylic oxidation sites excluding steroid dienone is 1. The van der Waals surface area contributed by atoms with E-state index < -0.39 is 6.10 Å². The lowest BCUT2D eigenvalue weighted by molar-refractivity contribution is 0.206. The van der Waals surface area contributed by atoms with Crippen molar-refractivity contribution in [2.75, 3.05) is 13.6 Å². The zero-order valence-corrected chi connectivity index (χ0v) is 15.1. The van der Waals surface area contributed by atoms with Crippen LogP contribution in [0.25, 0.3) is 0 Å². The number of nitrogens with zero attached hydrogens (tertiary/aromatic N) is 2. The van der Waals surface area contributed by atoms with Gasteiger partial charge in [-0.25, -0.2) is 5.84 Å². The summed E-state index contributed by atoms with van der Waals surface area (Å²) in [6.45, 7) is 5.04. The van der Waals surface area contributed by atoms with E-state index in [0.29, 0.717) is 23.8 Å². The molecule has 0 spiro atoms. The van der Waals surface area contributed by atoms with Crippen LogP contribution in [0.15, 0.2) is 42.3 Å². The second-order valence-corrected chi connectivity index (χ2v) is 5.88. The van der Waals surface area contributed by atoms with Gasteiger partial charge in [-0.3, -0.25) is 4.98 Å². The molecule has 0 aliphatic heterocycles. The number of rotatable bonds is 6. The van der Waals surface area contributed by atoms with Crippen LogP contribution in [0.1, 0.15) is 32.1 Å². The topological polar surface area (TPSA) is 97.6 Å². The van der Waals surface area contributed by atoms with Crippen molar-refractivity contribution < 1.29 is 9.84 Å². The third kappa shape index (κ3) is 6.24. The third-order valence-corrected chi connectivity index (χ3v) is 3.43. The monoisotopic (exact) mass is 344 g/mol. The molecule has 6 heteroatoms. The van der Waals surface area contributed by atoms with Crippen molar-refractivity contribution in [3.05, 3.63) is 47.9 Å². The molecular formula is C19H28N4O2. The van der Waals surface area contributed by atoms with Crippen LogP contribution < -0.4 is 16.3 Å². The summed E-state index contributed by atoms with van der Waals surface area (Å²) in [4.78, 5) is 4.11. The SMILES string of the molecule is C#CC(O)c1ncccc1OC1C=CC(N(N)CC(C)C)=CC1.CN. The van der Waals surface area contributed by atoms with Gasteiger partial charge in [0, 0.05) is 24.9 Å². The van der Waals surface area contributed by atoms with Crippen molar-refractivity contribution in [1.82, 2.24) is 9.99 Å². The predicted molar refractivity (Wildman–Crippen MR) is 100 cm³/mol. The van der Waals surface area contributed by atoms with E-state index in [1.165, 1.54) is 7.05 Å². The fraction of sp³-hybridized carbons (Fsp3) is 0.421. The lowest BCUT2D eigenvalue weighted by Gasteiger charge is -2.26. The van der Waals surface area contributed by atoms with Gasteiger partial charge >= 0.3 is 0 Å². The molecule has 2 unspecified atom stereocenters. The van der Waals surface area contributed by atoms with Gasteiger partial charge in [0.05, 0.1) is 0 Å². The van der Waals surface area contributed by atoms with Crippen LogP contribution in [0.5, 0.6) is 5.75 Å². The van der Waals surface area contributed by atoms with Crippen molar-refractivity contribution >= 4 is 0 Å². The number of terminal acetylenes is 1. The average Bonchev–Trinajstić information content (AvgIpc) is 2.63. The maximum absolute atomic E-state index is 9.81. The fourth-order valence-electron chi connectivity index (χ4n) is 2.34. The predicted octanol–water partition coefficient (Wildman–Crippen LogP) is 1.75. The van der Waals surface area contributed by atoms with Gasteiger partial charge in [0.25, 0.3) is 0 Å². The highest BCUT2D eigenvalue weighted by molar-refractivity contribution is 5.33. The Hall–Kier alpha value is -2.33. The first-order valence-electron chi connectivity index (χ1n) is 8.25. The molecule has 136 valence electrons. The maximum atomic E-state index is 9.81. The second-order valence-electron chi connectivity index (χ2n) is 5.88. The molecule has 2 rings (SSSR count). The van der Waals surface area contributed by atoms with Gasteiger partial charge in [-0.15, -0.1) is 6.42 Å². The molecule has 0 fully saturated rings. The van der Waals surface area contributed by atoms with Crippen LogP contribution in [0.3, 0.4) is 0 Å². The minimum absolute atomic E-state index is 0.140. The van der Waals surface area contributed by atoms with Gasteiger partial charge in [-0.2, -0.15) is 0 Å². The molecule has 6 nitrogen and oxygen atoms in total. The first-order valence-corrected chi connectivity index (χ1v) is 8.25. The summed E-state index contributed by atoms with van der Waals surface area (Å²) in [5.41, 5.74) is 5.84. The van der Waals surface area contributed by atoms with Gasteiger partial charge in [-0.1, -0.05) is 25.8 Å². The summed E-state index contributed by atoms with van der Waals surface area (Å²) in [6.07, 6.45) is 12.3. The van der Waals surface area contributed by atoms with Crippen molar-refractivity contribution in [2.45, 2.75) is 32.5 Å². The van der Waals surface area contributed by atoms with Crippen LogP contribution >= 0.6 is 0 Å². The summed E-state index contributed by atoms with van der Waals surface area (Å²) >= 11 is 0. The zero-order chi connectivity index (χ0) is 18.8. The standard InChI is InChI=1S/C18H23N3O2.CH5N/c1-4-16(22)18-17(6-5-11-20-18)23-15-9-7-14(8-10-15)21(19)12-13(2)3;1-2/h1,5-9,11,13,15-16,22H,10,12,19H2,2-3H3;2H2,1H3. The van der Waals surface area contributed by atoms with Gasteiger partial charge < -0.3 is 20.6 Å². The molecule has 2 atom stereocenters. The number of aliphatic hydroxyl groups is 1. The Morgan fingerprint density at radius 3 is 2.76 bits per heavy atom. The Balaban J connectivity index is 0.00000151. The molecule has 1 heterocycles. The number of aliphatic hydroxyl groups excluding tert-OH is 1. The lowest BCUT2D eigenvalue weighted by atomic mass is 10.1. The van der Waals surface area contributed by atoms with Crippen molar-refractivity contribution in [3.8, 4) is 18.1 Å². The van der Waals surface area contributed by atoms with Crippen LogP contribution in [0.2, 0.25) is 0 Å². The van der Waals surface area contributed by atoms with E-state index in [9.17, 15) is 5.11 Å². The van der Waals surface area contributed by atoms with E-state index in [2.05, 4.69) is 30.5 Å². The molecule has 0 bridgehead atoms. The van der Waals surface area contributed by atoms with Crippen molar-refractivity contribution in [1.29, 1.82) is 0 Å². The number of hydrogen-bond donors (Lipinski definition) is 3. The first-order chi connectivity index (χ1) is 12.0. The zero-order valence-electron chi connectivity index (χ0n) is 15.1. The van der Waals surface area contributed by atoms with Crippen molar-refractivity contribution in [2.24, 2.45) is 17.5 Å². The normalized spacial score (nSPS) is 17.0. The molecular weight excluding hydrogens is 316 g/mol. The number of aromatic nitrogens is 1. The molecule has 1 aromatic rings. The fourth-order valence-corrected chi connectivity index (χ4v) is 2.34. The van der Waals surface area contributed by atoms with Crippen LogP contribution in [-0.4, -0.2) is 34.8 Å². The van der Waals surface area contributed by atoms with Gasteiger partial charge in [-0.05, 0) is 37.3 Å². The molecule has 0 aromatic carbocycles. The number of pyridine rings is 1. The first kappa shape index (κ1) is 20.7. The number of hydrogen-bond acceptors (Lipinski definition) is 6. The Bertz CT molecular complexity index is 635. The number of hydrazine groups is 1. The highest BCUT2D eigenvalue weighted by atomic mass is 16.5. The average molecular weight is 344 g/mol. The van der Waals surface area contributed by atoms with Crippen LogP contribution in [0.4, 0.5) is 0 Å². The number of ether oxygens (including phenoxy) is 1. The largest absolute Gasteiger partial charge is 0.484 e. The Kier molecular flexibility index (Phi) is 8.71. The Labute approximate surface area is 150 Å². The van der Waals surface area contributed by atoms with Gasteiger partial charge in [0.1, 0.15) is 17.5 Å². The molecule has 1 aromatic heterocycles. The molecule has 25 heavy (non-hydrogen) atoms. The molecule has 0 saturated carbocycles. The highest BCUT2D eigenvalue weighted by Gasteiger charge is 2.18. The smallest absolute Gasteiger partial charge is 0.160 e. The molecule has 0 amide bonds. The Morgan fingerprint density at radius 1 is 1.48 bits per heavy atom. The molecule has 0 radical (unpaired) electrons. The van der Waals surface area contributed by atoms with Crippen LogP contribution in [-0.2, 0) is 0 Å². The van der Waals surface area contributed by atoms with Crippen LogP contribution in [0, 0.1) is 18.3 Å². The second kappa shape index (κ2) is 10.5. The third-order valence-electron chi connectivity index (χ3n) is 3.43. The van der Waals surface area contributed by atoms with E-state index >= 15 is 0 Å². The highest BCUT2D eigenvalue weighted by Crippen LogP contribution is 2.25. The molecule has 5 N–H and O–H groups in total. The quantitative estimate of drug-likeness (QED) is 0.413. The summed E-state index contributed by atoms with van der Waals surface area (Å²) in [5, 5.41) is 11.6. The Morgan fingerprint density at radius 2 is 2.20 bits per heavy atom. The summed E-state index contributed by atoms with van der Waals surface area (Å²) in [6, 6.07) is 3.50. The molecule has 1 aliphatic carbocycles. The summed E-state index contributed by atoms with van der Waals surface area (Å²) in [5.74, 6) is 9.28. The van der Waals surface area contributed by atoms with Gasteiger partial charge in [0.15, 0.2) is 6.10 Å². The van der Waals surface area contributed by atoms with Crippen molar-refractivity contribution in [3.63, 3.8) is 0 Å². The molecule has 0 saturated heterocycles. The lowest BCUT2D eigenvalue weighted by Crippen LogP contribution is -2.34. The van der Waals surface area contributed by atoms with E-state index in [0.717, 1.165) is 12.2 Å². The number of nitrogens with two attached hydrogens (primary N) is 2. The van der Waals surface area contributed by atoms with E-state index in [1.807, 2.05) is 18.2 Å². The minimum atomic E-state index is -1.07. The van der Waals surface area contributed by atoms with Gasteiger partial charge in [0.2, 0.25) is 0 Å². The minimum Gasteiger partial charge on any atom is -0.484 e. The van der Waals surface area contributed by atoms with E-state index in [4.69, 9.17) is 17.0 Å². The maximum Gasteiger partial charge on any atom is 0.160 e. The summed E-state index contributed by atoms with van der Waals surface area (Å²) < 4.78 is 5.91. The van der Waals surface area contributed by atoms with E-state index in [1.54, 1.807) is 23.3 Å².